The standard InChI is InChI=1S/C18H18N2O2S/c19-16(21)13-5-4-6-14(11-13)17(22)20-12-18(9-10-18)23-15-7-2-1-3-8-15/h1-8,11H,9-10,12H2,(H2,19,21)(H,20,22). The summed E-state index contributed by atoms with van der Waals surface area (Å²) in [5.41, 5.74) is 6.05. The summed E-state index contributed by atoms with van der Waals surface area (Å²) in [7, 11) is 0. The molecule has 2 aromatic rings. The number of carbonyl (C=O) groups is 2. The largest absolute Gasteiger partial charge is 0.366 e. The fraction of sp³-hybridized carbons (Fsp3) is 0.222. The topological polar surface area (TPSA) is 72.2 Å². The lowest BCUT2D eigenvalue weighted by Crippen LogP contribution is -2.32. The highest BCUT2D eigenvalue weighted by Gasteiger charge is 2.43. The van der Waals surface area contributed by atoms with Crippen LogP contribution >= 0.6 is 11.8 Å². The zero-order chi connectivity index (χ0) is 16.3. The molecule has 3 rings (SSSR count). The van der Waals surface area contributed by atoms with E-state index in [1.165, 1.54) is 11.0 Å². The van der Waals surface area contributed by atoms with Gasteiger partial charge in [0.05, 0.1) is 0 Å². The molecular weight excluding hydrogens is 308 g/mol. The van der Waals surface area contributed by atoms with Crippen molar-refractivity contribution in [2.75, 3.05) is 6.54 Å². The first-order valence-corrected chi connectivity index (χ1v) is 8.32. The van der Waals surface area contributed by atoms with Crippen LogP contribution in [-0.2, 0) is 0 Å². The minimum Gasteiger partial charge on any atom is -0.366 e. The summed E-state index contributed by atoms with van der Waals surface area (Å²) in [6.45, 7) is 0.617. The van der Waals surface area contributed by atoms with Crippen LogP contribution in [0.25, 0.3) is 0 Å². The van der Waals surface area contributed by atoms with Crippen LogP contribution in [-0.4, -0.2) is 23.1 Å². The van der Waals surface area contributed by atoms with E-state index in [0.29, 0.717) is 17.7 Å². The van der Waals surface area contributed by atoms with Gasteiger partial charge in [0.2, 0.25) is 5.91 Å². The highest BCUT2D eigenvalue weighted by atomic mass is 32.2. The first kappa shape index (κ1) is 15.6. The summed E-state index contributed by atoms with van der Waals surface area (Å²) >= 11 is 1.81. The molecule has 1 saturated carbocycles. The Bertz CT molecular complexity index is 727. The molecule has 0 aliphatic heterocycles. The van der Waals surface area contributed by atoms with E-state index in [-0.39, 0.29) is 10.7 Å². The van der Waals surface area contributed by atoms with Crippen molar-refractivity contribution < 1.29 is 9.59 Å². The fourth-order valence-electron chi connectivity index (χ4n) is 2.35. The minimum atomic E-state index is -0.530. The zero-order valence-corrected chi connectivity index (χ0v) is 13.4. The van der Waals surface area contributed by atoms with Gasteiger partial charge in [-0.15, -0.1) is 11.8 Å². The van der Waals surface area contributed by atoms with Gasteiger partial charge >= 0.3 is 0 Å². The predicted octanol–water partition coefficient (Wildman–Crippen LogP) is 2.84. The molecule has 0 radical (unpaired) electrons. The van der Waals surface area contributed by atoms with Crippen LogP contribution in [0, 0.1) is 0 Å². The van der Waals surface area contributed by atoms with Crippen molar-refractivity contribution >= 4 is 23.6 Å². The highest BCUT2D eigenvalue weighted by molar-refractivity contribution is 8.01. The average molecular weight is 326 g/mol. The second-order valence-electron chi connectivity index (χ2n) is 5.73. The molecule has 0 aromatic heterocycles. The molecule has 1 fully saturated rings. The lowest BCUT2D eigenvalue weighted by molar-refractivity contribution is 0.0953. The van der Waals surface area contributed by atoms with Gasteiger partial charge in [-0.3, -0.25) is 9.59 Å². The summed E-state index contributed by atoms with van der Waals surface area (Å²) in [5, 5.41) is 2.98. The SMILES string of the molecule is NC(=O)c1cccc(C(=O)NCC2(Sc3ccccc3)CC2)c1. The van der Waals surface area contributed by atoms with Gasteiger partial charge in [-0.2, -0.15) is 0 Å². The van der Waals surface area contributed by atoms with Crippen molar-refractivity contribution in [2.24, 2.45) is 5.73 Å². The van der Waals surface area contributed by atoms with E-state index in [4.69, 9.17) is 5.73 Å². The molecule has 4 nitrogen and oxygen atoms in total. The Morgan fingerprint density at radius 1 is 1.04 bits per heavy atom. The maximum atomic E-state index is 12.3. The van der Waals surface area contributed by atoms with Gasteiger partial charge in [-0.1, -0.05) is 24.3 Å². The van der Waals surface area contributed by atoms with E-state index in [2.05, 4.69) is 17.4 Å². The van der Waals surface area contributed by atoms with Gasteiger partial charge < -0.3 is 11.1 Å². The van der Waals surface area contributed by atoms with Crippen molar-refractivity contribution in [3.63, 3.8) is 0 Å². The number of benzene rings is 2. The Morgan fingerprint density at radius 3 is 2.39 bits per heavy atom. The number of thioether (sulfide) groups is 1. The first-order chi connectivity index (χ1) is 11.1. The van der Waals surface area contributed by atoms with Crippen LogP contribution in [0.3, 0.4) is 0 Å². The molecule has 5 heteroatoms. The van der Waals surface area contributed by atoms with Gasteiger partial charge in [-0.05, 0) is 43.2 Å². The van der Waals surface area contributed by atoms with Crippen LogP contribution in [0.15, 0.2) is 59.5 Å². The van der Waals surface area contributed by atoms with Gasteiger partial charge in [0.1, 0.15) is 0 Å². The third-order valence-corrected chi connectivity index (χ3v) is 5.36. The summed E-state index contributed by atoms with van der Waals surface area (Å²) in [5.74, 6) is -0.703. The average Bonchev–Trinajstić information content (AvgIpc) is 3.33. The van der Waals surface area contributed by atoms with E-state index in [1.807, 2.05) is 30.0 Å². The number of hydrogen-bond donors (Lipinski definition) is 2. The monoisotopic (exact) mass is 326 g/mol. The van der Waals surface area contributed by atoms with E-state index < -0.39 is 5.91 Å². The first-order valence-electron chi connectivity index (χ1n) is 7.50. The Hall–Kier alpha value is -2.27. The maximum Gasteiger partial charge on any atom is 0.251 e. The molecule has 0 spiro atoms. The summed E-state index contributed by atoms with van der Waals surface area (Å²) in [4.78, 5) is 24.7. The van der Waals surface area contributed by atoms with Crippen LogP contribution < -0.4 is 11.1 Å². The van der Waals surface area contributed by atoms with Crippen molar-refractivity contribution in [1.82, 2.24) is 5.32 Å². The van der Waals surface area contributed by atoms with Crippen molar-refractivity contribution in [3.05, 3.63) is 65.7 Å². The molecule has 23 heavy (non-hydrogen) atoms. The molecule has 0 unspecified atom stereocenters. The molecule has 1 aliphatic rings. The number of hydrogen-bond acceptors (Lipinski definition) is 3. The second-order valence-corrected chi connectivity index (χ2v) is 7.27. The number of rotatable bonds is 6. The minimum absolute atomic E-state index is 0.0955. The lowest BCUT2D eigenvalue weighted by Gasteiger charge is -2.16. The van der Waals surface area contributed by atoms with Gasteiger partial charge in [0, 0.05) is 27.3 Å². The molecule has 118 valence electrons. The molecule has 1 aliphatic carbocycles. The Morgan fingerprint density at radius 2 is 1.74 bits per heavy atom. The predicted molar refractivity (Wildman–Crippen MR) is 91.6 cm³/mol. The molecule has 0 atom stereocenters. The van der Waals surface area contributed by atoms with Crippen LogP contribution in [0.4, 0.5) is 0 Å². The van der Waals surface area contributed by atoms with Gasteiger partial charge in [-0.25, -0.2) is 0 Å². The summed E-state index contributed by atoms with van der Waals surface area (Å²) in [6.07, 6.45) is 2.18. The summed E-state index contributed by atoms with van der Waals surface area (Å²) < 4.78 is 0.0955. The van der Waals surface area contributed by atoms with E-state index in [0.717, 1.165) is 12.8 Å². The smallest absolute Gasteiger partial charge is 0.251 e. The van der Waals surface area contributed by atoms with E-state index >= 15 is 0 Å². The number of carbonyl (C=O) groups excluding carboxylic acids is 2. The third-order valence-electron chi connectivity index (χ3n) is 3.87. The molecule has 3 N–H and O–H groups in total. The molecule has 0 heterocycles. The van der Waals surface area contributed by atoms with Crippen LogP contribution in [0.5, 0.6) is 0 Å². The molecule has 0 bridgehead atoms. The number of amides is 2. The molecule has 0 saturated heterocycles. The Balaban J connectivity index is 1.61. The number of nitrogens with one attached hydrogen (secondary N) is 1. The lowest BCUT2D eigenvalue weighted by atomic mass is 10.1. The highest BCUT2D eigenvalue weighted by Crippen LogP contribution is 2.51. The van der Waals surface area contributed by atoms with Gasteiger partial charge in [0.25, 0.3) is 5.91 Å². The Kier molecular flexibility index (Phi) is 4.39. The van der Waals surface area contributed by atoms with E-state index in [1.54, 1.807) is 18.2 Å². The maximum absolute atomic E-state index is 12.3. The zero-order valence-electron chi connectivity index (χ0n) is 12.6. The normalized spacial score (nSPS) is 15.0. The number of primary amides is 1. The van der Waals surface area contributed by atoms with Crippen molar-refractivity contribution in [1.29, 1.82) is 0 Å². The third kappa shape index (κ3) is 3.93. The molecular formula is C18H18N2O2S. The van der Waals surface area contributed by atoms with Crippen LogP contribution in [0.1, 0.15) is 33.6 Å². The van der Waals surface area contributed by atoms with Crippen molar-refractivity contribution in [2.45, 2.75) is 22.5 Å². The van der Waals surface area contributed by atoms with Gasteiger partial charge in [0.15, 0.2) is 0 Å². The van der Waals surface area contributed by atoms with E-state index in [9.17, 15) is 9.59 Å². The second kappa shape index (κ2) is 6.46. The molecule has 2 aromatic carbocycles. The van der Waals surface area contributed by atoms with Crippen LogP contribution in [0.2, 0.25) is 0 Å². The number of nitrogens with two attached hydrogens (primary N) is 1. The quantitative estimate of drug-likeness (QED) is 0.857. The molecule has 2 amide bonds. The van der Waals surface area contributed by atoms with Crippen molar-refractivity contribution in [3.8, 4) is 0 Å². The summed E-state index contributed by atoms with van der Waals surface area (Å²) in [6, 6.07) is 16.7. The fourth-order valence-corrected chi connectivity index (χ4v) is 3.59. The Labute approximate surface area is 139 Å².